The molecule has 0 aliphatic rings. The van der Waals surface area contributed by atoms with Crippen LogP contribution in [0.25, 0.3) is 0 Å². The molecular formula is C17H25FIN5S2. The minimum absolute atomic E-state index is 0. The van der Waals surface area contributed by atoms with Gasteiger partial charge in [-0.05, 0) is 29.5 Å². The van der Waals surface area contributed by atoms with Crippen LogP contribution in [0.3, 0.4) is 0 Å². The Morgan fingerprint density at radius 3 is 2.62 bits per heavy atom. The van der Waals surface area contributed by atoms with E-state index in [2.05, 4.69) is 20.6 Å². The van der Waals surface area contributed by atoms with Crippen molar-refractivity contribution in [1.29, 1.82) is 0 Å². The first-order valence-corrected chi connectivity index (χ1v) is 10.1. The molecule has 2 aromatic rings. The number of anilines is 1. The summed E-state index contributed by atoms with van der Waals surface area (Å²) >= 11 is 3.29. The number of thioether (sulfide) groups is 1. The fourth-order valence-electron chi connectivity index (χ4n) is 2.21. The van der Waals surface area contributed by atoms with Gasteiger partial charge in [0.15, 0.2) is 11.1 Å². The molecule has 0 amide bonds. The molecule has 0 saturated heterocycles. The number of benzene rings is 1. The molecule has 0 unspecified atom stereocenters. The summed E-state index contributed by atoms with van der Waals surface area (Å²) in [5.74, 6) is 1.28. The maximum Gasteiger partial charge on any atom is 0.191 e. The van der Waals surface area contributed by atoms with Gasteiger partial charge in [0.1, 0.15) is 5.82 Å². The minimum atomic E-state index is -0.199. The zero-order valence-corrected chi connectivity index (χ0v) is 19.3. The lowest BCUT2D eigenvalue weighted by Gasteiger charge is -2.14. The van der Waals surface area contributed by atoms with E-state index in [4.69, 9.17) is 0 Å². The summed E-state index contributed by atoms with van der Waals surface area (Å²) in [5, 5.41) is 9.55. The molecule has 144 valence electrons. The van der Waals surface area contributed by atoms with Gasteiger partial charge in [-0.3, -0.25) is 4.99 Å². The average Bonchev–Trinajstić information content (AvgIpc) is 3.06. The zero-order valence-electron chi connectivity index (χ0n) is 15.4. The van der Waals surface area contributed by atoms with Crippen LogP contribution < -0.4 is 15.5 Å². The molecular weight excluding hydrogens is 484 g/mol. The number of aliphatic imine (C=N–C) groups is 1. The summed E-state index contributed by atoms with van der Waals surface area (Å²) in [6, 6.07) is 4.92. The van der Waals surface area contributed by atoms with Crippen LogP contribution in [0.5, 0.6) is 0 Å². The molecule has 2 N–H and O–H groups in total. The highest BCUT2D eigenvalue weighted by Gasteiger charge is 2.07. The summed E-state index contributed by atoms with van der Waals surface area (Å²) in [7, 11) is 5.69. The number of thiazole rings is 1. The molecule has 1 aromatic carbocycles. The van der Waals surface area contributed by atoms with Gasteiger partial charge in [-0.15, -0.1) is 35.3 Å². The molecule has 0 bridgehead atoms. The molecule has 9 heteroatoms. The quantitative estimate of drug-likeness (QED) is 0.339. The second-order valence-electron chi connectivity index (χ2n) is 5.64. The van der Waals surface area contributed by atoms with E-state index in [-0.39, 0.29) is 29.8 Å². The number of guanidine groups is 1. The van der Waals surface area contributed by atoms with Crippen LogP contribution in [-0.4, -0.2) is 38.3 Å². The third-order valence-corrected chi connectivity index (χ3v) is 5.15. The van der Waals surface area contributed by atoms with Crippen LogP contribution in [0, 0.1) is 5.82 Å². The SMILES string of the molecule is CN=C(NCc1csc(N(C)C)n1)NCc1ccc(F)cc1CSC.I. The molecule has 1 aromatic heterocycles. The van der Waals surface area contributed by atoms with E-state index >= 15 is 0 Å². The Morgan fingerprint density at radius 2 is 2.00 bits per heavy atom. The normalized spacial score (nSPS) is 11.0. The van der Waals surface area contributed by atoms with Crippen molar-refractivity contribution in [2.45, 2.75) is 18.8 Å². The van der Waals surface area contributed by atoms with Gasteiger partial charge < -0.3 is 15.5 Å². The van der Waals surface area contributed by atoms with Crippen LogP contribution in [0.2, 0.25) is 0 Å². The molecule has 2 rings (SSSR count). The lowest BCUT2D eigenvalue weighted by Crippen LogP contribution is -2.36. The van der Waals surface area contributed by atoms with E-state index < -0.39 is 0 Å². The predicted octanol–water partition coefficient (Wildman–Crippen LogP) is 3.69. The van der Waals surface area contributed by atoms with E-state index in [0.717, 1.165) is 27.7 Å². The maximum atomic E-state index is 13.4. The Hall–Kier alpha value is -1.07. The average molecular weight is 509 g/mol. The van der Waals surface area contributed by atoms with Crippen molar-refractivity contribution in [3.63, 3.8) is 0 Å². The second-order valence-corrected chi connectivity index (χ2v) is 7.34. The van der Waals surface area contributed by atoms with Crippen LogP contribution in [0.4, 0.5) is 9.52 Å². The van der Waals surface area contributed by atoms with Crippen molar-refractivity contribution in [3.05, 3.63) is 46.2 Å². The monoisotopic (exact) mass is 509 g/mol. The summed E-state index contributed by atoms with van der Waals surface area (Å²) in [6.07, 6.45) is 2.01. The largest absolute Gasteiger partial charge is 0.354 e. The standard InChI is InChI=1S/C17H24FN5S2.HI/c1-19-16(21-9-15-11-25-17(22-15)23(2)3)20-8-12-5-6-14(18)7-13(12)10-24-4;/h5-7,11H,8-10H2,1-4H3,(H2,19,20,21);1H. The Kier molecular flexibility index (Phi) is 10.3. The van der Waals surface area contributed by atoms with Gasteiger partial charge in [0, 0.05) is 38.8 Å². The van der Waals surface area contributed by atoms with Gasteiger partial charge in [-0.1, -0.05) is 6.07 Å². The number of nitrogens with one attached hydrogen (secondary N) is 2. The fourth-order valence-corrected chi connectivity index (χ4v) is 3.55. The van der Waals surface area contributed by atoms with Crippen molar-refractivity contribution in [2.75, 3.05) is 32.3 Å². The number of hydrogen-bond acceptors (Lipinski definition) is 5. The molecule has 0 saturated carbocycles. The molecule has 0 fully saturated rings. The van der Waals surface area contributed by atoms with Gasteiger partial charge in [0.05, 0.1) is 12.2 Å². The first kappa shape index (κ1) is 23.0. The Bertz CT molecular complexity index is 721. The van der Waals surface area contributed by atoms with Crippen molar-refractivity contribution < 1.29 is 4.39 Å². The Balaban J connectivity index is 0.00000338. The van der Waals surface area contributed by atoms with Gasteiger partial charge >= 0.3 is 0 Å². The predicted molar refractivity (Wildman–Crippen MR) is 123 cm³/mol. The molecule has 0 radical (unpaired) electrons. The molecule has 0 aliphatic heterocycles. The van der Waals surface area contributed by atoms with Crippen molar-refractivity contribution >= 4 is 58.2 Å². The zero-order chi connectivity index (χ0) is 18.2. The third-order valence-electron chi connectivity index (χ3n) is 3.50. The highest BCUT2D eigenvalue weighted by molar-refractivity contribution is 14.0. The molecule has 1 heterocycles. The van der Waals surface area contributed by atoms with E-state index in [9.17, 15) is 4.39 Å². The lowest BCUT2D eigenvalue weighted by atomic mass is 10.1. The Morgan fingerprint density at radius 1 is 1.27 bits per heavy atom. The number of halogens is 2. The highest BCUT2D eigenvalue weighted by Crippen LogP contribution is 2.18. The van der Waals surface area contributed by atoms with Gasteiger partial charge in [0.2, 0.25) is 0 Å². The van der Waals surface area contributed by atoms with Crippen LogP contribution >= 0.6 is 47.1 Å². The number of hydrogen-bond donors (Lipinski definition) is 2. The van der Waals surface area contributed by atoms with Crippen LogP contribution in [0.15, 0.2) is 28.6 Å². The summed E-state index contributed by atoms with van der Waals surface area (Å²) in [6.45, 7) is 1.20. The van der Waals surface area contributed by atoms with Crippen LogP contribution in [-0.2, 0) is 18.8 Å². The topological polar surface area (TPSA) is 52.6 Å². The van der Waals surface area contributed by atoms with E-state index in [1.54, 1.807) is 36.2 Å². The minimum Gasteiger partial charge on any atom is -0.354 e. The van der Waals surface area contributed by atoms with E-state index in [1.165, 1.54) is 6.07 Å². The van der Waals surface area contributed by atoms with Gasteiger partial charge in [-0.2, -0.15) is 11.8 Å². The Labute approximate surface area is 179 Å². The molecule has 0 aliphatic carbocycles. The van der Waals surface area contributed by atoms with Crippen LogP contribution in [0.1, 0.15) is 16.8 Å². The lowest BCUT2D eigenvalue weighted by molar-refractivity contribution is 0.625. The molecule has 26 heavy (non-hydrogen) atoms. The van der Waals surface area contributed by atoms with Crippen molar-refractivity contribution in [2.24, 2.45) is 4.99 Å². The summed E-state index contributed by atoms with van der Waals surface area (Å²) in [4.78, 5) is 10.8. The molecule has 0 spiro atoms. The third kappa shape index (κ3) is 6.92. The van der Waals surface area contributed by atoms with Crippen molar-refractivity contribution in [1.82, 2.24) is 15.6 Å². The first-order chi connectivity index (χ1) is 12.0. The summed E-state index contributed by atoms with van der Waals surface area (Å²) < 4.78 is 13.4. The molecule has 0 atom stereocenters. The van der Waals surface area contributed by atoms with Gasteiger partial charge in [-0.25, -0.2) is 9.37 Å². The number of rotatable bonds is 7. The van der Waals surface area contributed by atoms with E-state index in [1.807, 2.05) is 36.7 Å². The maximum absolute atomic E-state index is 13.4. The van der Waals surface area contributed by atoms with E-state index in [0.29, 0.717) is 19.0 Å². The molecule has 5 nitrogen and oxygen atoms in total. The highest BCUT2D eigenvalue weighted by atomic mass is 127. The van der Waals surface area contributed by atoms with Crippen molar-refractivity contribution in [3.8, 4) is 0 Å². The summed E-state index contributed by atoms with van der Waals surface area (Å²) in [5.41, 5.74) is 3.05. The number of aromatic nitrogens is 1. The first-order valence-electron chi connectivity index (χ1n) is 7.86. The van der Waals surface area contributed by atoms with Gasteiger partial charge in [0.25, 0.3) is 0 Å². The second kappa shape index (κ2) is 11.6. The smallest absolute Gasteiger partial charge is 0.191 e. The fraction of sp³-hybridized carbons (Fsp3) is 0.412. The number of nitrogens with zero attached hydrogens (tertiary/aromatic N) is 3.